The van der Waals surface area contributed by atoms with Crippen LogP contribution >= 0.6 is 80.3 Å². The number of halogens is 7. The summed E-state index contributed by atoms with van der Waals surface area (Å²) in [4.78, 5) is 7.01. The number of nitrogens with zero attached hydrogens (tertiary/aromatic N) is 3. The van der Waals surface area contributed by atoms with Crippen LogP contribution < -0.4 is 16.2 Å². The highest BCUT2D eigenvalue weighted by molar-refractivity contribution is 8.13. The lowest BCUT2D eigenvalue weighted by atomic mass is 9.85. The second-order valence-corrected chi connectivity index (χ2v) is 31.2. The third-order valence-corrected chi connectivity index (χ3v) is 22.0. The van der Waals surface area contributed by atoms with Gasteiger partial charge in [-0.3, -0.25) is 0 Å². The fourth-order valence-electron chi connectivity index (χ4n) is 11.4. The lowest BCUT2D eigenvalue weighted by Gasteiger charge is -2.33. The second-order valence-electron chi connectivity index (χ2n) is 22.2. The predicted octanol–water partition coefficient (Wildman–Crippen LogP) is 14.1. The summed E-state index contributed by atoms with van der Waals surface area (Å²) in [6, 6.07) is 47.1. The molecular formula is C65H65Cl7N6O6S3. The molecule has 458 valence electrons. The Labute approximate surface area is 545 Å². The molecular weight excluding hydrogens is 1310 g/mol. The largest absolute Gasteiger partial charge is 0.326 e. The number of nitrogens with one attached hydrogen (secondary N) is 1. The highest BCUT2D eigenvalue weighted by Crippen LogP contribution is 2.42. The van der Waals surface area contributed by atoms with E-state index in [1.54, 1.807) is 66.7 Å². The van der Waals surface area contributed by atoms with Gasteiger partial charge in [-0.2, -0.15) is 0 Å². The Bertz CT molecular complexity index is 3970. The van der Waals surface area contributed by atoms with E-state index in [0.717, 1.165) is 85.4 Å². The molecule has 0 fully saturated rings. The van der Waals surface area contributed by atoms with Crippen LogP contribution in [0.2, 0.25) is 30.1 Å². The van der Waals surface area contributed by atoms with E-state index in [4.69, 9.17) is 91.8 Å². The smallest absolute Gasteiger partial charge is 0.261 e. The van der Waals surface area contributed by atoms with Crippen molar-refractivity contribution in [1.82, 2.24) is 19.4 Å². The molecule has 0 saturated carbocycles. The van der Waals surface area contributed by atoms with Gasteiger partial charge >= 0.3 is 0 Å². The van der Waals surface area contributed by atoms with E-state index in [-0.39, 0.29) is 44.7 Å². The van der Waals surface area contributed by atoms with E-state index < -0.39 is 28.9 Å². The Kier molecular flexibility index (Phi) is 22.0. The van der Waals surface area contributed by atoms with E-state index in [1.807, 2.05) is 106 Å². The summed E-state index contributed by atoms with van der Waals surface area (Å²) >= 11 is 38.3. The first-order valence-corrected chi connectivity index (χ1v) is 35.5. The molecule has 12 nitrogen and oxygen atoms in total. The van der Waals surface area contributed by atoms with Gasteiger partial charge in [-0.25, -0.2) is 30.0 Å². The van der Waals surface area contributed by atoms with E-state index in [2.05, 4.69) is 19.4 Å². The number of fused-ring (bicyclic) bond motifs is 3. The number of nitrogens with two attached hydrogens (primary N) is 2. The Morgan fingerprint density at radius 1 is 0.448 bits per heavy atom. The third-order valence-electron chi connectivity index (χ3n) is 15.9. The number of aryl methyl sites for hydroxylation is 1. The molecule has 0 aromatic heterocycles. The van der Waals surface area contributed by atoms with Gasteiger partial charge in [0.05, 0.1) is 20.4 Å². The SMILES string of the molecule is CN1Cc2c(Cl)cc(Cl)cc2C(c2cccc(S(=O)(=O)CCc3ccc(CNS(=O)(=O)c4cccc(C5CN(C)Cc6c(Cl)cc(Cl)cc65)c4)cc3)c2)C1.CN1Cc2c(Cl)cc(Cl)cc2C(c2cccc(S(=O)(=O)Cl)c2)C1.NCc1ccc(CN)cc1. The molecule has 3 aliphatic heterocycles. The number of likely N-dealkylation sites (N-methyl/N-ethyl adjacent to an activating group) is 3. The van der Waals surface area contributed by atoms with Crippen molar-refractivity contribution in [3.8, 4) is 0 Å². The van der Waals surface area contributed by atoms with E-state index in [1.165, 1.54) is 6.07 Å². The molecule has 0 saturated heterocycles. The summed E-state index contributed by atoms with van der Waals surface area (Å²) < 4.78 is 80.0. The summed E-state index contributed by atoms with van der Waals surface area (Å²) in [7, 11) is 0.286. The molecule has 0 spiro atoms. The van der Waals surface area contributed by atoms with Crippen molar-refractivity contribution in [2.24, 2.45) is 11.5 Å². The van der Waals surface area contributed by atoms with Crippen LogP contribution in [0, 0.1) is 0 Å². The van der Waals surface area contributed by atoms with Crippen molar-refractivity contribution in [2.45, 2.75) is 78.1 Å². The summed E-state index contributed by atoms with van der Waals surface area (Å²) in [6.45, 7) is 5.54. The lowest BCUT2D eigenvalue weighted by molar-refractivity contribution is 0.295. The van der Waals surface area contributed by atoms with E-state index in [9.17, 15) is 25.3 Å². The van der Waals surface area contributed by atoms with E-state index >= 15 is 0 Å². The van der Waals surface area contributed by atoms with Crippen LogP contribution in [0.1, 0.15) is 90.1 Å². The lowest BCUT2D eigenvalue weighted by Crippen LogP contribution is -2.31. The molecule has 3 unspecified atom stereocenters. The number of sulfonamides is 1. The fourth-order valence-corrected chi connectivity index (χ4v) is 16.3. The quantitative estimate of drug-likeness (QED) is 0.0883. The van der Waals surface area contributed by atoms with Crippen LogP contribution in [-0.4, -0.2) is 86.5 Å². The van der Waals surface area contributed by atoms with Gasteiger partial charge in [0.2, 0.25) is 10.0 Å². The van der Waals surface area contributed by atoms with Crippen LogP contribution in [0.5, 0.6) is 0 Å². The average Bonchev–Trinajstić information content (AvgIpc) is 1.02. The molecule has 0 aliphatic carbocycles. The number of rotatable bonds is 14. The molecule has 22 heteroatoms. The Hall–Kier alpha value is -4.60. The minimum absolute atomic E-state index is 0.0154. The van der Waals surface area contributed by atoms with Gasteiger partial charge in [0.15, 0.2) is 9.84 Å². The molecule has 8 aromatic carbocycles. The highest BCUT2D eigenvalue weighted by atomic mass is 35.7. The first-order chi connectivity index (χ1) is 41.3. The van der Waals surface area contributed by atoms with Crippen molar-refractivity contribution >= 4 is 109 Å². The van der Waals surface area contributed by atoms with Crippen molar-refractivity contribution in [3.63, 3.8) is 0 Å². The van der Waals surface area contributed by atoms with Crippen LogP contribution in [0.15, 0.2) is 172 Å². The minimum Gasteiger partial charge on any atom is -0.326 e. The fraction of sp³-hybridized carbons (Fsp3) is 0.262. The minimum atomic E-state index is -3.84. The third kappa shape index (κ3) is 16.7. The maximum atomic E-state index is 13.6. The highest BCUT2D eigenvalue weighted by Gasteiger charge is 2.31. The van der Waals surface area contributed by atoms with Crippen molar-refractivity contribution < 1.29 is 25.3 Å². The van der Waals surface area contributed by atoms with Gasteiger partial charge in [0, 0.05) is 117 Å². The molecule has 3 atom stereocenters. The summed E-state index contributed by atoms with van der Waals surface area (Å²) in [5.41, 5.74) is 23.4. The predicted molar refractivity (Wildman–Crippen MR) is 355 cm³/mol. The summed E-state index contributed by atoms with van der Waals surface area (Å²) in [5.74, 6) is -0.258. The van der Waals surface area contributed by atoms with Gasteiger partial charge < -0.3 is 26.2 Å². The monoisotopic (exact) mass is 1370 g/mol. The average molecular weight is 1370 g/mol. The van der Waals surface area contributed by atoms with Crippen LogP contribution in [0.4, 0.5) is 0 Å². The first kappa shape index (κ1) is 66.8. The molecule has 87 heavy (non-hydrogen) atoms. The van der Waals surface area contributed by atoms with Gasteiger partial charge in [-0.15, -0.1) is 0 Å². The van der Waals surface area contributed by atoms with Crippen molar-refractivity contribution in [1.29, 1.82) is 0 Å². The Balaban J connectivity index is 0.000000222. The van der Waals surface area contributed by atoms with Crippen LogP contribution in [0.25, 0.3) is 0 Å². The van der Waals surface area contributed by atoms with E-state index in [0.29, 0.717) is 75.8 Å². The number of hydrogen-bond acceptors (Lipinski definition) is 11. The zero-order valence-corrected chi connectivity index (χ0v) is 55.6. The maximum absolute atomic E-state index is 13.6. The molecule has 0 amide bonds. The zero-order chi connectivity index (χ0) is 62.5. The molecule has 5 N–H and O–H groups in total. The van der Waals surface area contributed by atoms with Gasteiger partial charge in [-0.05, 0) is 173 Å². The second kappa shape index (κ2) is 28.7. The Morgan fingerprint density at radius 3 is 1.18 bits per heavy atom. The number of benzene rings is 8. The molecule has 8 aromatic rings. The van der Waals surface area contributed by atoms with Crippen molar-refractivity contribution in [2.75, 3.05) is 46.5 Å². The van der Waals surface area contributed by atoms with Gasteiger partial charge in [0.25, 0.3) is 9.05 Å². The molecule has 3 heterocycles. The van der Waals surface area contributed by atoms with Crippen LogP contribution in [-0.2, 0) is 74.6 Å². The standard InChI is InChI=1S/C41H39Cl4N3O4S2.C16H14Cl3NO2S.C8H12N2/c1-47-22-36(34-17-30(42)19-40(44)38(34)24-47)28-5-3-7-32(15-28)53(49,50)14-13-26-9-11-27(12-10-26)21-46-54(51,52)33-8-4-6-29(16-33)37-23-48(2)25-39-35(37)18-31(43)20-41(39)45;1-20-8-14(10-3-2-4-12(5-10)23(19,21)22)13-6-11(17)7-16(18)15(13)9-20;9-5-7-1-2-8(6-10)4-3-7/h3-12,15-20,36-37,46H,13-14,21-25H2,1-2H3;2-7,14H,8-9H2,1H3;1-4H,5-6,9-10H2. The number of hydrogen-bond donors (Lipinski definition) is 3. The number of sulfone groups is 1. The molecule has 0 radical (unpaired) electrons. The zero-order valence-electron chi connectivity index (χ0n) is 47.8. The molecule has 11 rings (SSSR count). The summed E-state index contributed by atoms with van der Waals surface area (Å²) in [5, 5.41) is 3.51. The summed E-state index contributed by atoms with van der Waals surface area (Å²) in [6.07, 6.45) is 0.307. The van der Waals surface area contributed by atoms with Crippen LogP contribution in [0.3, 0.4) is 0 Å². The van der Waals surface area contributed by atoms with Crippen molar-refractivity contribution in [3.05, 3.63) is 260 Å². The normalized spacial score (nSPS) is 17.2. The van der Waals surface area contributed by atoms with Gasteiger partial charge in [-0.1, -0.05) is 155 Å². The molecule has 0 bridgehead atoms. The maximum Gasteiger partial charge on any atom is 0.261 e. The molecule has 3 aliphatic rings. The Morgan fingerprint density at radius 2 is 0.793 bits per heavy atom. The topological polar surface area (TPSA) is 176 Å². The first-order valence-electron chi connectivity index (χ1n) is 27.8. The van der Waals surface area contributed by atoms with Gasteiger partial charge in [0.1, 0.15) is 0 Å².